The molecule has 2 aromatic heterocycles. The second kappa shape index (κ2) is 4.87. The number of aromatic nitrogens is 5. The van der Waals surface area contributed by atoms with E-state index in [4.69, 9.17) is 21.1 Å². The Morgan fingerprint density at radius 1 is 1.39 bits per heavy atom. The van der Waals surface area contributed by atoms with Crippen molar-refractivity contribution in [2.45, 2.75) is 12.5 Å². The molecule has 3 rings (SSSR count). The molecule has 0 radical (unpaired) electrons. The van der Waals surface area contributed by atoms with Crippen LogP contribution < -0.4 is 4.74 Å². The average molecular weight is 268 g/mol. The second-order valence-corrected chi connectivity index (χ2v) is 4.10. The summed E-state index contributed by atoms with van der Waals surface area (Å²) in [7, 11) is 0. The summed E-state index contributed by atoms with van der Waals surface area (Å²) in [5.74, 6) is 0.376. The van der Waals surface area contributed by atoms with E-state index in [1.807, 2.05) is 0 Å². The summed E-state index contributed by atoms with van der Waals surface area (Å²) in [5, 5.41) is 0.0858. The molecule has 1 saturated heterocycles. The second-order valence-electron chi connectivity index (χ2n) is 3.76. The maximum Gasteiger partial charge on any atom is 0.322 e. The molecule has 0 aliphatic carbocycles. The van der Waals surface area contributed by atoms with Gasteiger partial charge in [-0.15, -0.1) is 0 Å². The van der Waals surface area contributed by atoms with Gasteiger partial charge in [0, 0.05) is 18.8 Å². The lowest BCUT2D eigenvalue weighted by Crippen LogP contribution is -2.18. The van der Waals surface area contributed by atoms with Crippen LogP contribution in [0.25, 0.3) is 5.95 Å². The normalized spacial score (nSPS) is 19.1. The van der Waals surface area contributed by atoms with Crippen LogP contribution in [0.15, 0.2) is 18.7 Å². The zero-order valence-electron chi connectivity index (χ0n) is 9.36. The van der Waals surface area contributed by atoms with Crippen LogP contribution in [0.4, 0.5) is 0 Å². The lowest BCUT2D eigenvalue weighted by Gasteiger charge is -2.10. The Bertz CT molecular complexity index is 527. The van der Waals surface area contributed by atoms with Gasteiger partial charge >= 0.3 is 6.01 Å². The van der Waals surface area contributed by atoms with Crippen LogP contribution in [0.5, 0.6) is 6.01 Å². The zero-order valence-corrected chi connectivity index (χ0v) is 10.1. The Hall–Kier alpha value is -1.73. The minimum Gasteiger partial charge on any atom is -0.457 e. The standard InChI is InChI=1S/C10H10ClN5O2/c11-8-13-9(16-3-2-12-6-16)15-10(14-8)18-7-1-4-17-5-7/h2-3,6-7H,1,4-5H2. The first-order valence-corrected chi connectivity index (χ1v) is 5.83. The SMILES string of the molecule is Clc1nc(OC2CCOC2)nc(-n2ccnc2)n1. The van der Waals surface area contributed by atoms with E-state index in [2.05, 4.69) is 19.9 Å². The fourth-order valence-corrected chi connectivity index (χ4v) is 1.77. The summed E-state index contributed by atoms with van der Waals surface area (Å²) in [4.78, 5) is 16.0. The molecule has 1 aliphatic rings. The highest BCUT2D eigenvalue weighted by Gasteiger charge is 2.19. The highest BCUT2D eigenvalue weighted by molar-refractivity contribution is 6.28. The largest absolute Gasteiger partial charge is 0.457 e. The monoisotopic (exact) mass is 267 g/mol. The maximum absolute atomic E-state index is 5.85. The molecule has 1 aliphatic heterocycles. The lowest BCUT2D eigenvalue weighted by molar-refractivity contribution is 0.134. The number of hydrogen-bond donors (Lipinski definition) is 0. The van der Waals surface area contributed by atoms with Crippen LogP contribution in [-0.2, 0) is 4.74 Å². The van der Waals surface area contributed by atoms with Gasteiger partial charge in [0.1, 0.15) is 12.4 Å². The van der Waals surface area contributed by atoms with E-state index < -0.39 is 0 Å². The lowest BCUT2D eigenvalue weighted by atomic mass is 10.3. The summed E-state index contributed by atoms with van der Waals surface area (Å²) in [6.07, 6.45) is 5.72. The Kier molecular flexibility index (Phi) is 3.07. The number of rotatable bonds is 3. The van der Waals surface area contributed by atoms with E-state index in [9.17, 15) is 0 Å². The predicted molar refractivity (Wildman–Crippen MR) is 61.8 cm³/mol. The van der Waals surface area contributed by atoms with E-state index in [1.54, 1.807) is 23.3 Å². The van der Waals surface area contributed by atoms with Crippen LogP contribution in [0, 0.1) is 0 Å². The molecular formula is C10H10ClN5O2. The minimum atomic E-state index is -0.0286. The van der Waals surface area contributed by atoms with Gasteiger partial charge in [-0.25, -0.2) is 4.98 Å². The molecule has 94 valence electrons. The molecule has 0 saturated carbocycles. The van der Waals surface area contributed by atoms with E-state index in [0.29, 0.717) is 19.2 Å². The number of hydrogen-bond acceptors (Lipinski definition) is 6. The van der Waals surface area contributed by atoms with Crippen molar-refractivity contribution in [3.8, 4) is 12.0 Å². The van der Waals surface area contributed by atoms with E-state index in [1.165, 1.54) is 0 Å². The third kappa shape index (κ3) is 2.41. The summed E-state index contributed by atoms with van der Waals surface area (Å²) in [6, 6.07) is 0.203. The van der Waals surface area contributed by atoms with Crippen LogP contribution >= 0.6 is 11.6 Å². The highest BCUT2D eigenvalue weighted by Crippen LogP contribution is 2.15. The van der Waals surface area contributed by atoms with Crippen molar-refractivity contribution in [3.05, 3.63) is 24.0 Å². The molecule has 0 N–H and O–H groups in total. The molecule has 0 spiro atoms. The molecule has 8 heteroatoms. The summed E-state index contributed by atoms with van der Waals surface area (Å²) in [5.41, 5.74) is 0. The molecule has 0 amide bonds. The predicted octanol–water partition coefficient (Wildman–Crippen LogP) is 0.878. The van der Waals surface area contributed by atoms with Gasteiger partial charge in [-0.3, -0.25) is 4.57 Å². The molecule has 3 heterocycles. The zero-order chi connectivity index (χ0) is 12.4. The van der Waals surface area contributed by atoms with Crippen molar-refractivity contribution >= 4 is 11.6 Å². The van der Waals surface area contributed by atoms with Gasteiger partial charge < -0.3 is 9.47 Å². The first-order chi connectivity index (χ1) is 8.81. The minimum absolute atomic E-state index is 0.0286. The van der Waals surface area contributed by atoms with Crippen molar-refractivity contribution in [2.75, 3.05) is 13.2 Å². The topological polar surface area (TPSA) is 75.0 Å². The van der Waals surface area contributed by atoms with Gasteiger partial charge in [-0.2, -0.15) is 15.0 Å². The summed E-state index contributed by atoms with van der Waals surface area (Å²) < 4.78 is 12.4. The van der Waals surface area contributed by atoms with Crippen molar-refractivity contribution in [3.63, 3.8) is 0 Å². The van der Waals surface area contributed by atoms with Crippen molar-refractivity contribution in [2.24, 2.45) is 0 Å². The molecule has 7 nitrogen and oxygen atoms in total. The number of nitrogens with zero attached hydrogens (tertiary/aromatic N) is 5. The quantitative estimate of drug-likeness (QED) is 0.822. The Balaban J connectivity index is 1.86. The van der Waals surface area contributed by atoms with Gasteiger partial charge in [0.15, 0.2) is 0 Å². The van der Waals surface area contributed by atoms with E-state index in [-0.39, 0.29) is 17.4 Å². The van der Waals surface area contributed by atoms with Gasteiger partial charge in [0.2, 0.25) is 11.2 Å². The van der Waals surface area contributed by atoms with Gasteiger partial charge in [-0.05, 0) is 11.6 Å². The van der Waals surface area contributed by atoms with Crippen LogP contribution in [0.1, 0.15) is 6.42 Å². The number of ether oxygens (including phenoxy) is 2. The first kappa shape index (κ1) is 11.4. The van der Waals surface area contributed by atoms with Gasteiger partial charge in [0.25, 0.3) is 0 Å². The maximum atomic E-state index is 5.85. The van der Waals surface area contributed by atoms with E-state index >= 15 is 0 Å². The molecule has 18 heavy (non-hydrogen) atoms. The number of imidazole rings is 1. The van der Waals surface area contributed by atoms with Crippen LogP contribution in [0.3, 0.4) is 0 Å². The molecule has 1 atom stereocenters. The Labute approximate surface area is 108 Å². The molecule has 1 fully saturated rings. The summed E-state index contributed by atoms with van der Waals surface area (Å²) >= 11 is 5.85. The molecule has 1 unspecified atom stereocenters. The third-order valence-corrected chi connectivity index (χ3v) is 2.64. The molecule has 0 aromatic carbocycles. The van der Waals surface area contributed by atoms with Crippen molar-refractivity contribution in [1.82, 2.24) is 24.5 Å². The Morgan fingerprint density at radius 2 is 2.33 bits per heavy atom. The smallest absolute Gasteiger partial charge is 0.322 e. The van der Waals surface area contributed by atoms with Crippen LogP contribution in [-0.4, -0.2) is 43.8 Å². The third-order valence-electron chi connectivity index (χ3n) is 2.47. The molecular weight excluding hydrogens is 258 g/mol. The van der Waals surface area contributed by atoms with Gasteiger partial charge in [0.05, 0.1) is 13.2 Å². The number of halogens is 1. The summed E-state index contributed by atoms with van der Waals surface area (Å²) in [6.45, 7) is 1.24. The Morgan fingerprint density at radius 3 is 3.06 bits per heavy atom. The van der Waals surface area contributed by atoms with Crippen molar-refractivity contribution in [1.29, 1.82) is 0 Å². The van der Waals surface area contributed by atoms with Gasteiger partial charge in [-0.1, -0.05) is 0 Å². The first-order valence-electron chi connectivity index (χ1n) is 5.45. The van der Waals surface area contributed by atoms with Crippen molar-refractivity contribution < 1.29 is 9.47 Å². The fourth-order valence-electron chi connectivity index (χ4n) is 1.62. The highest BCUT2D eigenvalue weighted by atomic mass is 35.5. The fraction of sp³-hybridized carbons (Fsp3) is 0.400. The molecule has 2 aromatic rings. The molecule has 0 bridgehead atoms. The van der Waals surface area contributed by atoms with Crippen LogP contribution in [0.2, 0.25) is 5.28 Å². The average Bonchev–Trinajstić information content (AvgIpc) is 3.00. The van der Waals surface area contributed by atoms with E-state index in [0.717, 1.165) is 6.42 Å².